The minimum absolute atomic E-state index is 0.312. The van der Waals surface area contributed by atoms with E-state index in [1.807, 2.05) is 24.3 Å². The van der Waals surface area contributed by atoms with E-state index in [1.165, 1.54) is 0 Å². The Balaban J connectivity index is 0.000000539. The molecule has 33 heavy (non-hydrogen) atoms. The number of aliphatic carboxylic acids is 2. The molecule has 2 rings (SSSR count). The molecule has 2 aromatic rings. The molecule has 0 saturated heterocycles. The van der Waals surface area contributed by atoms with Crippen LogP contribution in [-0.4, -0.2) is 25.2 Å². The molecule has 0 heterocycles. The average Bonchev–Trinajstić information content (AvgIpc) is 2.75. The van der Waals surface area contributed by atoms with E-state index in [-0.39, 0.29) is 11.5 Å². The molecule has 0 fully saturated rings. The number of hydrogen-bond donors (Lipinski definition) is 0. The van der Waals surface area contributed by atoms with Crippen LogP contribution in [-0.2, 0) is 39.0 Å². The fraction of sp³-hybridized carbons (Fsp3) is 0.182. The second-order valence-corrected chi connectivity index (χ2v) is 7.26. The van der Waals surface area contributed by atoms with Gasteiger partial charge in [-0.15, -0.1) is 0 Å². The van der Waals surface area contributed by atoms with Gasteiger partial charge in [-0.3, -0.25) is 0 Å². The summed E-state index contributed by atoms with van der Waals surface area (Å²) in [6.07, 6.45) is 0. The fourth-order valence-corrected chi connectivity index (χ4v) is 2.77. The number of carbonyl (C=O) groups is 2. The Labute approximate surface area is 212 Å². The zero-order valence-electron chi connectivity index (χ0n) is 18.0. The summed E-state index contributed by atoms with van der Waals surface area (Å²) in [6, 6.07) is 14.5. The molecule has 0 aromatic heterocycles. The van der Waals surface area contributed by atoms with Gasteiger partial charge in [0.25, 0.3) is 0 Å². The van der Waals surface area contributed by atoms with E-state index in [9.17, 15) is 19.8 Å². The third-order valence-corrected chi connectivity index (χ3v) is 4.47. The summed E-state index contributed by atoms with van der Waals surface area (Å²) in [5, 5.41) is 20.8. The van der Waals surface area contributed by atoms with Crippen molar-refractivity contribution in [3.63, 3.8) is 0 Å². The quantitative estimate of drug-likeness (QED) is 0.260. The molecule has 0 spiro atoms. The summed E-state index contributed by atoms with van der Waals surface area (Å²) >= 11 is 10.7. The van der Waals surface area contributed by atoms with Crippen LogP contribution in [0.5, 0.6) is 11.5 Å². The first-order valence-electron chi connectivity index (χ1n) is 9.26. The maximum atomic E-state index is 9.75. The molecule has 0 radical (unpaired) electrons. The van der Waals surface area contributed by atoms with Gasteiger partial charge >= 0.3 is 120 Å². The monoisotopic (exact) mass is 532 g/mol. The first-order chi connectivity index (χ1) is 15.6. The van der Waals surface area contributed by atoms with Crippen molar-refractivity contribution in [2.24, 2.45) is 0 Å². The minimum atomic E-state index is -1.35. The molecule has 0 unspecified atom stereocenters. The molecule has 0 amide bonds. The molecule has 0 N–H and O–H groups in total. The summed E-state index contributed by atoms with van der Waals surface area (Å²) < 4.78 is 19.9. The standard InChI is InChI=1S/2C6H5ClO.2C5H8O3.Ti/c2*7-5-2-1-3-6(8)4-5;2*1-3-8-4(2)5(6)7;/h2*1-4,8H;2*2-3H2,1H3,(H,6,7);/q;;;;+4/p-4. The fourth-order valence-electron chi connectivity index (χ4n) is 1.64. The van der Waals surface area contributed by atoms with Crippen LogP contribution in [0.2, 0.25) is 10.0 Å². The van der Waals surface area contributed by atoms with Crippen molar-refractivity contribution in [2.75, 3.05) is 13.2 Å². The number of rotatable bonds is 10. The molecule has 0 atom stereocenters. The number of ether oxygens (including phenoxy) is 2. The van der Waals surface area contributed by atoms with E-state index in [1.54, 1.807) is 38.1 Å². The topological polar surface area (TPSA) is 117 Å². The molecule has 8 nitrogen and oxygen atoms in total. The van der Waals surface area contributed by atoms with Gasteiger partial charge in [-0.05, 0) is 13.8 Å². The molecule has 0 aliphatic carbocycles. The van der Waals surface area contributed by atoms with Crippen molar-refractivity contribution < 1.29 is 55.8 Å². The molecule has 2 aromatic carbocycles. The third kappa shape index (κ3) is 15.7. The molecular formula is C22H22Cl2O8Ti. The zero-order valence-corrected chi connectivity index (χ0v) is 21.0. The molecule has 176 valence electrons. The summed E-state index contributed by atoms with van der Waals surface area (Å²) in [4.78, 5) is 19.5. The van der Waals surface area contributed by atoms with Crippen molar-refractivity contribution in [1.29, 1.82) is 0 Å². The van der Waals surface area contributed by atoms with Crippen molar-refractivity contribution >= 4 is 35.1 Å². The van der Waals surface area contributed by atoms with Crippen LogP contribution >= 0.6 is 23.2 Å². The van der Waals surface area contributed by atoms with Gasteiger partial charge in [-0.1, -0.05) is 13.2 Å². The predicted octanol–water partition coefficient (Wildman–Crippen LogP) is 2.94. The Bertz CT molecular complexity index is 847. The molecule has 0 aliphatic heterocycles. The second-order valence-electron chi connectivity index (χ2n) is 5.49. The number of carbonyl (C=O) groups excluding carboxylic acids is 2. The van der Waals surface area contributed by atoms with Crippen LogP contribution in [0.1, 0.15) is 13.8 Å². The van der Waals surface area contributed by atoms with Gasteiger partial charge in [0.05, 0.1) is 13.2 Å². The van der Waals surface area contributed by atoms with E-state index >= 15 is 0 Å². The number of benzene rings is 2. The van der Waals surface area contributed by atoms with Crippen molar-refractivity contribution in [2.45, 2.75) is 13.8 Å². The maximum absolute atomic E-state index is 9.75. The van der Waals surface area contributed by atoms with Crippen LogP contribution in [0.4, 0.5) is 0 Å². The van der Waals surface area contributed by atoms with Crippen molar-refractivity contribution in [3.05, 3.63) is 83.3 Å². The number of carboxylic acids is 2. The molecule has 11 heteroatoms. The number of halogens is 2. The van der Waals surface area contributed by atoms with Gasteiger partial charge in [-0.25, -0.2) is 0 Å². The van der Waals surface area contributed by atoms with Gasteiger partial charge < -0.3 is 29.3 Å². The van der Waals surface area contributed by atoms with Crippen molar-refractivity contribution in [3.8, 4) is 11.5 Å². The van der Waals surface area contributed by atoms with Crippen LogP contribution in [0.25, 0.3) is 0 Å². The second kappa shape index (κ2) is 17.9. The Morgan fingerprint density at radius 1 is 0.818 bits per heavy atom. The Morgan fingerprint density at radius 3 is 1.42 bits per heavy atom. The Morgan fingerprint density at radius 2 is 1.18 bits per heavy atom. The van der Waals surface area contributed by atoms with Gasteiger partial charge in [-0.2, -0.15) is 0 Å². The van der Waals surface area contributed by atoms with Crippen LogP contribution in [0.3, 0.4) is 0 Å². The Hall–Kier alpha value is -2.65. The number of carboxylic acid groups (broad SMARTS) is 2. The molecule has 0 bridgehead atoms. The first kappa shape index (κ1) is 30.4. The van der Waals surface area contributed by atoms with E-state index in [4.69, 9.17) is 29.8 Å². The van der Waals surface area contributed by atoms with Crippen molar-refractivity contribution in [1.82, 2.24) is 0 Å². The van der Waals surface area contributed by atoms with E-state index in [0.29, 0.717) is 23.3 Å². The summed E-state index contributed by atoms with van der Waals surface area (Å²) in [5.74, 6) is -1.89. The van der Waals surface area contributed by atoms with E-state index < -0.39 is 31.9 Å². The van der Waals surface area contributed by atoms with E-state index in [2.05, 4.69) is 22.6 Å². The van der Waals surface area contributed by atoms with Gasteiger partial charge in [0.1, 0.15) is 23.5 Å². The third-order valence-electron chi connectivity index (χ3n) is 3.00. The number of hydrogen-bond acceptors (Lipinski definition) is 8. The molecule has 0 aliphatic rings. The zero-order chi connectivity index (χ0) is 25.2. The predicted molar refractivity (Wildman–Crippen MR) is 116 cm³/mol. The molecule has 0 saturated carbocycles. The summed E-state index contributed by atoms with van der Waals surface area (Å²) in [6.45, 7) is 10.1. The van der Waals surface area contributed by atoms with E-state index in [0.717, 1.165) is 11.5 Å². The van der Waals surface area contributed by atoms with Gasteiger partial charge in [0.15, 0.2) is 0 Å². The van der Waals surface area contributed by atoms with Gasteiger partial charge in [0, 0.05) is 0 Å². The normalized spacial score (nSPS) is 8.85. The van der Waals surface area contributed by atoms with Crippen LogP contribution in [0, 0.1) is 0 Å². The summed E-state index contributed by atoms with van der Waals surface area (Å²) in [5.41, 5.74) is 0. The average molecular weight is 533 g/mol. The summed E-state index contributed by atoms with van der Waals surface area (Å²) in [7, 11) is 0. The van der Waals surface area contributed by atoms with Crippen LogP contribution < -0.4 is 16.8 Å². The van der Waals surface area contributed by atoms with Gasteiger partial charge in [0.2, 0.25) is 0 Å². The molecular weight excluding hydrogens is 511 g/mol. The van der Waals surface area contributed by atoms with Crippen LogP contribution in [0.15, 0.2) is 73.2 Å². The Kier molecular flexibility index (Phi) is 16.4. The SMILES string of the molecule is C=C(OCC)C(=O)[O-].C=C(OCC)C(=O)[O-].Clc1cccc([O][Ti+2][O]c2cccc(Cl)c2)c1. The first-order valence-corrected chi connectivity index (χ1v) is 11.3.